The van der Waals surface area contributed by atoms with Gasteiger partial charge in [-0.2, -0.15) is 0 Å². The summed E-state index contributed by atoms with van der Waals surface area (Å²) in [4.78, 5) is 14.8. The van der Waals surface area contributed by atoms with Gasteiger partial charge in [-0.15, -0.1) is 0 Å². The van der Waals surface area contributed by atoms with E-state index in [2.05, 4.69) is 4.99 Å². The first-order valence-electron chi connectivity index (χ1n) is 3.92. The molecule has 3 nitrogen and oxygen atoms in total. The van der Waals surface area contributed by atoms with E-state index in [0.29, 0.717) is 5.75 Å². The number of carbonyl (C=O) groups excluding carboxylic acids is 1. The van der Waals surface area contributed by atoms with Crippen molar-refractivity contribution in [3.8, 4) is 0 Å². The van der Waals surface area contributed by atoms with Crippen LogP contribution in [-0.4, -0.2) is 29.4 Å². The molecule has 4 heteroatoms. The second-order valence-electron chi connectivity index (χ2n) is 2.89. The Hall–Kier alpha value is -0.350. The Morgan fingerprint density at radius 2 is 2.42 bits per heavy atom. The molecule has 1 aliphatic heterocycles. The van der Waals surface area contributed by atoms with E-state index in [-0.39, 0.29) is 11.5 Å². The van der Waals surface area contributed by atoms with Crippen LogP contribution < -0.4 is 0 Å². The first kappa shape index (κ1) is 9.74. The summed E-state index contributed by atoms with van der Waals surface area (Å²) in [5.74, 6) is 0.417. The van der Waals surface area contributed by atoms with Crippen molar-refractivity contribution in [1.82, 2.24) is 0 Å². The highest BCUT2D eigenvalue weighted by molar-refractivity contribution is 8.15. The topological polar surface area (TPSA) is 38.7 Å². The fraction of sp³-hybridized carbons (Fsp3) is 0.750. The predicted octanol–water partition coefficient (Wildman–Crippen LogP) is 1.47. The monoisotopic (exact) mass is 187 g/mol. The quantitative estimate of drug-likeness (QED) is 0.671. The van der Waals surface area contributed by atoms with Gasteiger partial charge in [-0.25, -0.2) is 4.99 Å². The van der Waals surface area contributed by atoms with E-state index in [9.17, 15) is 4.79 Å². The van der Waals surface area contributed by atoms with E-state index in [0.717, 1.165) is 11.5 Å². The molecular weight excluding hydrogens is 174 g/mol. The van der Waals surface area contributed by atoms with Crippen molar-refractivity contribution in [2.24, 2.45) is 4.99 Å². The Morgan fingerprint density at radius 1 is 1.75 bits per heavy atom. The van der Waals surface area contributed by atoms with Gasteiger partial charge in [-0.3, -0.25) is 4.79 Å². The van der Waals surface area contributed by atoms with Crippen LogP contribution >= 0.6 is 11.8 Å². The molecule has 0 bridgehead atoms. The van der Waals surface area contributed by atoms with Crippen LogP contribution in [0.5, 0.6) is 0 Å². The summed E-state index contributed by atoms with van der Waals surface area (Å²) in [5, 5.41) is 0.817. The molecule has 1 rings (SSSR count). The number of methoxy groups -OCH3 is 1. The number of hydrogen-bond donors (Lipinski definition) is 0. The van der Waals surface area contributed by atoms with Gasteiger partial charge in [-0.05, 0) is 13.3 Å². The third-order valence-electron chi connectivity index (χ3n) is 2.14. The van der Waals surface area contributed by atoms with Gasteiger partial charge in [0.2, 0.25) is 0 Å². The average Bonchev–Trinajstić information content (AvgIpc) is 2.51. The molecule has 0 fully saturated rings. The minimum Gasteiger partial charge on any atom is -0.372 e. The minimum absolute atomic E-state index is 0.0493. The highest BCUT2D eigenvalue weighted by atomic mass is 32.2. The summed E-state index contributed by atoms with van der Waals surface area (Å²) in [6.07, 6.45) is 0.836. The second kappa shape index (κ2) is 3.58. The average molecular weight is 187 g/mol. The van der Waals surface area contributed by atoms with Crippen molar-refractivity contribution in [1.29, 1.82) is 0 Å². The molecule has 0 aliphatic carbocycles. The molecule has 0 aromatic carbocycles. The van der Waals surface area contributed by atoms with E-state index in [4.69, 9.17) is 4.74 Å². The normalized spacial score (nSPS) is 22.2. The minimum atomic E-state index is -0.364. The summed E-state index contributed by atoms with van der Waals surface area (Å²) in [6, 6.07) is 0. The fourth-order valence-corrected chi connectivity index (χ4v) is 1.99. The summed E-state index contributed by atoms with van der Waals surface area (Å²) in [5.41, 5.74) is -0.364. The number of nitrogens with zero attached hydrogens (tertiary/aromatic N) is 1. The number of hydrogen-bond acceptors (Lipinski definition) is 3. The highest BCUT2D eigenvalue weighted by Gasteiger charge is 2.33. The number of carbonyl (C=O) groups is 1. The molecular formula is C8H13NO2S. The smallest absolute Gasteiger partial charge is 0.256 e. The van der Waals surface area contributed by atoms with Gasteiger partial charge < -0.3 is 4.74 Å². The molecule has 1 atom stereocenters. The molecule has 0 spiro atoms. The maximum Gasteiger partial charge on any atom is 0.256 e. The van der Waals surface area contributed by atoms with Crippen molar-refractivity contribution in [2.75, 3.05) is 12.9 Å². The van der Waals surface area contributed by atoms with Crippen molar-refractivity contribution in [2.45, 2.75) is 25.9 Å². The first-order valence-corrected chi connectivity index (χ1v) is 4.91. The van der Waals surface area contributed by atoms with Gasteiger partial charge in [0.15, 0.2) is 0 Å². The van der Waals surface area contributed by atoms with Crippen LogP contribution in [0.15, 0.2) is 4.99 Å². The summed E-state index contributed by atoms with van der Waals surface area (Å²) >= 11 is 1.48. The van der Waals surface area contributed by atoms with Crippen molar-refractivity contribution in [3.63, 3.8) is 0 Å². The van der Waals surface area contributed by atoms with Crippen LogP contribution in [0.4, 0.5) is 0 Å². The zero-order valence-corrected chi connectivity index (χ0v) is 8.40. The third-order valence-corrected chi connectivity index (χ3v) is 3.32. The maximum atomic E-state index is 10.9. The fourth-order valence-electron chi connectivity index (χ4n) is 0.962. The van der Waals surface area contributed by atoms with E-state index in [1.165, 1.54) is 11.8 Å². The van der Waals surface area contributed by atoms with E-state index >= 15 is 0 Å². The van der Waals surface area contributed by atoms with Gasteiger partial charge in [0.1, 0.15) is 10.6 Å². The molecule has 0 N–H and O–H groups in total. The van der Waals surface area contributed by atoms with Crippen molar-refractivity contribution in [3.05, 3.63) is 0 Å². The molecule has 0 aromatic rings. The largest absolute Gasteiger partial charge is 0.372 e. The number of ether oxygens (including phenoxy) is 1. The summed E-state index contributed by atoms with van der Waals surface area (Å²) in [7, 11) is 1.65. The SMILES string of the molecule is CCC(C)(OC)C1=NC(=O)CS1. The molecule has 0 aromatic heterocycles. The molecule has 0 saturated carbocycles. The lowest BCUT2D eigenvalue weighted by molar-refractivity contribution is -0.115. The standard InChI is InChI=1S/C8H13NO2S/c1-4-8(2,11-3)7-9-6(10)5-12-7/h4-5H2,1-3H3. The molecule has 0 saturated heterocycles. The number of aliphatic imine (C=N–C) groups is 1. The van der Waals surface area contributed by atoms with Crippen LogP contribution in [0, 0.1) is 0 Å². The Morgan fingerprint density at radius 3 is 2.75 bits per heavy atom. The van der Waals surface area contributed by atoms with E-state index in [1.807, 2.05) is 13.8 Å². The van der Waals surface area contributed by atoms with Gasteiger partial charge in [0, 0.05) is 7.11 Å². The zero-order valence-electron chi connectivity index (χ0n) is 7.59. The van der Waals surface area contributed by atoms with Crippen LogP contribution in [0.25, 0.3) is 0 Å². The van der Waals surface area contributed by atoms with Gasteiger partial charge in [0.05, 0.1) is 5.75 Å². The Kier molecular flexibility index (Phi) is 2.90. The molecule has 1 amide bonds. The molecule has 68 valence electrons. The van der Waals surface area contributed by atoms with E-state index < -0.39 is 0 Å². The van der Waals surface area contributed by atoms with Gasteiger partial charge >= 0.3 is 0 Å². The first-order chi connectivity index (χ1) is 5.62. The van der Waals surface area contributed by atoms with Crippen molar-refractivity contribution >= 4 is 22.7 Å². The number of amides is 1. The van der Waals surface area contributed by atoms with Crippen molar-refractivity contribution < 1.29 is 9.53 Å². The maximum absolute atomic E-state index is 10.9. The van der Waals surface area contributed by atoms with Crippen LogP contribution in [0.1, 0.15) is 20.3 Å². The second-order valence-corrected chi connectivity index (χ2v) is 3.85. The van der Waals surface area contributed by atoms with Crippen LogP contribution in [0.3, 0.4) is 0 Å². The lowest BCUT2D eigenvalue weighted by Gasteiger charge is -2.25. The summed E-state index contributed by atoms with van der Waals surface area (Å²) in [6.45, 7) is 3.98. The zero-order chi connectivity index (χ0) is 9.19. The third kappa shape index (κ3) is 1.69. The predicted molar refractivity (Wildman–Crippen MR) is 50.6 cm³/mol. The number of rotatable bonds is 3. The Labute approximate surface area is 76.6 Å². The van der Waals surface area contributed by atoms with Gasteiger partial charge in [-0.1, -0.05) is 18.7 Å². The van der Waals surface area contributed by atoms with Crippen LogP contribution in [0.2, 0.25) is 0 Å². The summed E-state index contributed by atoms with van der Waals surface area (Å²) < 4.78 is 5.32. The Balaban J connectivity index is 2.80. The van der Waals surface area contributed by atoms with Gasteiger partial charge in [0.25, 0.3) is 5.91 Å². The molecule has 0 radical (unpaired) electrons. The molecule has 12 heavy (non-hydrogen) atoms. The molecule has 1 aliphatic rings. The lowest BCUT2D eigenvalue weighted by Crippen LogP contribution is -2.33. The van der Waals surface area contributed by atoms with Crippen LogP contribution in [-0.2, 0) is 9.53 Å². The molecule has 1 unspecified atom stereocenters. The lowest BCUT2D eigenvalue weighted by atomic mass is 10.1. The Bertz CT molecular complexity index is 221. The van der Waals surface area contributed by atoms with E-state index in [1.54, 1.807) is 7.11 Å². The molecule has 1 heterocycles. The number of thioether (sulfide) groups is 1. The highest BCUT2D eigenvalue weighted by Crippen LogP contribution is 2.27.